The largest absolute Gasteiger partial charge is 0.486 e. The van der Waals surface area contributed by atoms with Crippen molar-refractivity contribution >= 4 is 17.3 Å². The van der Waals surface area contributed by atoms with Gasteiger partial charge >= 0.3 is 0 Å². The Morgan fingerprint density at radius 1 is 1.19 bits per heavy atom. The third-order valence-electron chi connectivity index (χ3n) is 3.79. The normalized spacial score (nSPS) is 18.2. The molecule has 1 aromatic carbocycles. The minimum Gasteiger partial charge on any atom is -0.486 e. The molecular weight excluding hydrogens is 284 g/mol. The number of benzene rings is 1. The molecule has 1 fully saturated rings. The summed E-state index contributed by atoms with van der Waals surface area (Å²) in [6, 6.07) is 6.87. The highest BCUT2D eigenvalue weighted by molar-refractivity contribution is 7.80. The maximum absolute atomic E-state index is 5.67. The highest BCUT2D eigenvalue weighted by atomic mass is 32.1. The molecule has 114 valence electrons. The standard InChI is InChI=1S/C16H22N2O2S/c1-10(2)15(18-16(21)17-12-4-5-12)11-3-6-13-14(9-11)20-8-7-19-13/h3,6,9-10,12,15H,4-5,7-8H2,1-2H3,(H2,17,18,21)/t15-/m0/s1. The van der Waals surface area contributed by atoms with Crippen LogP contribution in [0.4, 0.5) is 0 Å². The van der Waals surface area contributed by atoms with Gasteiger partial charge in [0.2, 0.25) is 0 Å². The van der Waals surface area contributed by atoms with Crippen LogP contribution in [0.5, 0.6) is 11.5 Å². The first-order chi connectivity index (χ1) is 10.1. The summed E-state index contributed by atoms with van der Waals surface area (Å²) in [7, 11) is 0. The Morgan fingerprint density at radius 2 is 1.90 bits per heavy atom. The van der Waals surface area contributed by atoms with Crippen molar-refractivity contribution in [3.05, 3.63) is 23.8 Å². The molecule has 1 aliphatic carbocycles. The maximum atomic E-state index is 5.67. The van der Waals surface area contributed by atoms with E-state index in [1.165, 1.54) is 18.4 Å². The molecule has 2 N–H and O–H groups in total. The van der Waals surface area contributed by atoms with E-state index in [0.29, 0.717) is 25.2 Å². The molecule has 0 bridgehead atoms. The second-order valence-corrected chi connectivity index (χ2v) is 6.43. The fourth-order valence-electron chi connectivity index (χ4n) is 2.48. The molecule has 0 saturated heterocycles. The molecule has 0 amide bonds. The van der Waals surface area contributed by atoms with E-state index in [9.17, 15) is 0 Å². The summed E-state index contributed by atoms with van der Waals surface area (Å²) in [5, 5.41) is 7.51. The molecule has 4 nitrogen and oxygen atoms in total. The van der Waals surface area contributed by atoms with E-state index in [1.807, 2.05) is 6.07 Å². The van der Waals surface area contributed by atoms with Crippen LogP contribution in [0.2, 0.25) is 0 Å². The van der Waals surface area contributed by atoms with Gasteiger partial charge in [-0.15, -0.1) is 0 Å². The monoisotopic (exact) mass is 306 g/mol. The van der Waals surface area contributed by atoms with Crippen molar-refractivity contribution in [3.63, 3.8) is 0 Å². The third kappa shape index (κ3) is 3.59. The fraction of sp³-hybridized carbons (Fsp3) is 0.562. The van der Waals surface area contributed by atoms with Gasteiger partial charge in [-0.3, -0.25) is 0 Å². The Morgan fingerprint density at radius 3 is 2.57 bits per heavy atom. The number of thiocarbonyl (C=S) groups is 1. The van der Waals surface area contributed by atoms with Gasteiger partial charge in [0.05, 0.1) is 6.04 Å². The summed E-state index contributed by atoms with van der Waals surface area (Å²) in [5.41, 5.74) is 1.18. The van der Waals surface area contributed by atoms with Crippen LogP contribution in [-0.2, 0) is 0 Å². The highest BCUT2D eigenvalue weighted by Gasteiger charge is 2.24. The molecule has 1 heterocycles. The topological polar surface area (TPSA) is 42.5 Å². The second kappa shape index (κ2) is 6.10. The number of rotatable bonds is 4. The summed E-state index contributed by atoms with van der Waals surface area (Å²) < 4.78 is 11.2. The number of fused-ring (bicyclic) bond motifs is 1. The van der Waals surface area contributed by atoms with Crippen molar-refractivity contribution in [2.45, 2.75) is 38.8 Å². The van der Waals surface area contributed by atoms with Gasteiger partial charge in [-0.1, -0.05) is 19.9 Å². The third-order valence-corrected chi connectivity index (χ3v) is 4.03. The van der Waals surface area contributed by atoms with E-state index in [0.717, 1.165) is 16.6 Å². The van der Waals surface area contributed by atoms with Crippen LogP contribution in [0.3, 0.4) is 0 Å². The van der Waals surface area contributed by atoms with E-state index in [4.69, 9.17) is 21.7 Å². The first kappa shape index (κ1) is 14.4. The Labute approximate surface area is 131 Å². The van der Waals surface area contributed by atoms with Gasteiger partial charge in [-0.2, -0.15) is 0 Å². The van der Waals surface area contributed by atoms with Crippen molar-refractivity contribution in [1.82, 2.24) is 10.6 Å². The van der Waals surface area contributed by atoms with Crippen LogP contribution < -0.4 is 20.1 Å². The van der Waals surface area contributed by atoms with Crippen molar-refractivity contribution in [2.75, 3.05) is 13.2 Å². The van der Waals surface area contributed by atoms with Crippen LogP contribution in [-0.4, -0.2) is 24.4 Å². The molecule has 1 aliphatic heterocycles. The quantitative estimate of drug-likeness (QED) is 0.837. The summed E-state index contributed by atoms with van der Waals surface area (Å²) in [6.45, 7) is 5.61. The molecule has 5 heteroatoms. The molecule has 0 radical (unpaired) electrons. The average molecular weight is 306 g/mol. The SMILES string of the molecule is CC(C)[C@H](NC(=S)NC1CC1)c1ccc2c(c1)OCCO2. The Kier molecular flexibility index (Phi) is 4.19. The molecule has 2 aliphatic rings. The van der Waals surface area contributed by atoms with E-state index >= 15 is 0 Å². The van der Waals surface area contributed by atoms with Gasteiger partial charge in [-0.25, -0.2) is 0 Å². The lowest BCUT2D eigenvalue weighted by Gasteiger charge is -2.26. The summed E-state index contributed by atoms with van der Waals surface area (Å²) in [5.74, 6) is 2.07. The van der Waals surface area contributed by atoms with E-state index in [2.05, 4.69) is 36.6 Å². The lowest BCUT2D eigenvalue weighted by Crippen LogP contribution is -2.40. The molecule has 0 unspecified atom stereocenters. The van der Waals surface area contributed by atoms with Gasteiger partial charge in [0.15, 0.2) is 16.6 Å². The van der Waals surface area contributed by atoms with Crippen LogP contribution in [0.1, 0.15) is 38.3 Å². The first-order valence-electron chi connectivity index (χ1n) is 7.60. The number of nitrogens with one attached hydrogen (secondary N) is 2. The zero-order valence-electron chi connectivity index (χ0n) is 12.5. The number of hydrogen-bond donors (Lipinski definition) is 2. The van der Waals surface area contributed by atoms with Crippen LogP contribution >= 0.6 is 12.2 Å². The van der Waals surface area contributed by atoms with E-state index in [-0.39, 0.29) is 6.04 Å². The molecule has 21 heavy (non-hydrogen) atoms. The van der Waals surface area contributed by atoms with Gasteiger partial charge in [0.1, 0.15) is 13.2 Å². The number of ether oxygens (including phenoxy) is 2. The van der Waals surface area contributed by atoms with Crippen molar-refractivity contribution < 1.29 is 9.47 Å². The van der Waals surface area contributed by atoms with Crippen molar-refractivity contribution in [1.29, 1.82) is 0 Å². The molecule has 0 aromatic heterocycles. The summed E-state index contributed by atoms with van der Waals surface area (Å²) >= 11 is 5.41. The zero-order valence-corrected chi connectivity index (χ0v) is 13.3. The molecule has 1 saturated carbocycles. The number of hydrogen-bond acceptors (Lipinski definition) is 3. The van der Waals surface area contributed by atoms with Crippen LogP contribution in [0.25, 0.3) is 0 Å². The van der Waals surface area contributed by atoms with E-state index in [1.54, 1.807) is 0 Å². The van der Waals surface area contributed by atoms with E-state index < -0.39 is 0 Å². The molecular formula is C16H22N2O2S. The minimum atomic E-state index is 0.166. The lowest BCUT2D eigenvalue weighted by atomic mass is 9.96. The smallest absolute Gasteiger partial charge is 0.167 e. The van der Waals surface area contributed by atoms with Crippen molar-refractivity contribution in [3.8, 4) is 11.5 Å². The first-order valence-corrected chi connectivity index (χ1v) is 8.01. The lowest BCUT2D eigenvalue weighted by molar-refractivity contribution is 0.171. The average Bonchev–Trinajstić information content (AvgIpc) is 3.28. The van der Waals surface area contributed by atoms with Gasteiger partial charge < -0.3 is 20.1 Å². The predicted octanol–water partition coefficient (Wildman–Crippen LogP) is 2.78. The van der Waals surface area contributed by atoms with Crippen LogP contribution in [0.15, 0.2) is 18.2 Å². The molecule has 1 aromatic rings. The van der Waals surface area contributed by atoms with Gasteiger partial charge in [0.25, 0.3) is 0 Å². The fourth-order valence-corrected chi connectivity index (χ4v) is 2.78. The molecule has 0 spiro atoms. The zero-order chi connectivity index (χ0) is 14.8. The van der Waals surface area contributed by atoms with Gasteiger partial charge in [-0.05, 0) is 48.7 Å². The Bertz CT molecular complexity index is 529. The molecule has 3 rings (SSSR count). The minimum absolute atomic E-state index is 0.166. The Balaban J connectivity index is 1.74. The van der Waals surface area contributed by atoms with Crippen LogP contribution in [0, 0.1) is 5.92 Å². The van der Waals surface area contributed by atoms with Gasteiger partial charge in [0, 0.05) is 6.04 Å². The summed E-state index contributed by atoms with van der Waals surface area (Å²) in [6.07, 6.45) is 2.44. The second-order valence-electron chi connectivity index (χ2n) is 6.02. The molecule has 1 atom stereocenters. The predicted molar refractivity (Wildman–Crippen MR) is 86.9 cm³/mol. The Hall–Kier alpha value is -1.49. The maximum Gasteiger partial charge on any atom is 0.167 e. The van der Waals surface area contributed by atoms with Crippen molar-refractivity contribution in [2.24, 2.45) is 5.92 Å². The highest BCUT2D eigenvalue weighted by Crippen LogP contribution is 2.34. The summed E-state index contributed by atoms with van der Waals surface area (Å²) in [4.78, 5) is 0.